The van der Waals surface area contributed by atoms with Crippen LogP contribution in [-0.4, -0.2) is 32.6 Å². The highest BCUT2D eigenvalue weighted by Crippen LogP contribution is 2.25. The summed E-state index contributed by atoms with van der Waals surface area (Å²) in [6.45, 7) is 0.477. The van der Waals surface area contributed by atoms with Crippen molar-refractivity contribution in [1.29, 1.82) is 0 Å². The van der Waals surface area contributed by atoms with Gasteiger partial charge in [0.25, 0.3) is 0 Å². The number of aromatic amines is 1. The lowest BCUT2D eigenvalue weighted by Gasteiger charge is -2.15. The third-order valence-corrected chi connectivity index (χ3v) is 5.76. The van der Waals surface area contributed by atoms with Crippen molar-refractivity contribution in [2.75, 3.05) is 0 Å². The van der Waals surface area contributed by atoms with Crippen molar-refractivity contribution in [1.82, 2.24) is 14.9 Å². The molecule has 2 aromatic carbocycles. The summed E-state index contributed by atoms with van der Waals surface area (Å²) in [6, 6.07) is 14.6. The van der Waals surface area contributed by atoms with Crippen molar-refractivity contribution in [3.8, 4) is 0 Å². The highest BCUT2D eigenvalue weighted by atomic mass is 79.9. The highest BCUT2D eigenvalue weighted by molar-refractivity contribution is 9.10. The van der Waals surface area contributed by atoms with Crippen LogP contribution in [0.4, 0.5) is 0 Å². The largest absolute Gasteiger partial charge is 0.480 e. The molecular weight excluding hydrogens is 434 g/mol. The molecule has 0 saturated heterocycles. The van der Waals surface area contributed by atoms with Gasteiger partial charge in [0.05, 0.1) is 0 Å². The lowest BCUT2D eigenvalue weighted by molar-refractivity contribution is -0.141. The van der Waals surface area contributed by atoms with Crippen LogP contribution in [-0.2, 0) is 22.6 Å². The molecule has 2 aromatic heterocycles. The second-order valence-corrected chi connectivity index (χ2v) is 7.81. The van der Waals surface area contributed by atoms with E-state index in [1.165, 1.54) is 0 Å². The number of amides is 1. The van der Waals surface area contributed by atoms with E-state index in [1.54, 1.807) is 6.20 Å². The fourth-order valence-corrected chi connectivity index (χ4v) is 4.08. The minimum atomic E-state index is -1.04. The number of hydrogen-bond donors (Lipinski definition) is 3. The number of fused-ring (bicyclic) bond motifs is 2. The molecule has 4 aromatic rings. The Bertz CT molecular complexity index is 1190. The van der Waals surface area contributed by atoms with E-state index in [0.717, 1.165) is 31.8 Å². The van der Waals surface area contributed by atoms with E-state index < -0.39 is 12.0 Å². The van der Waals surface area contributed by atoms with Crippen LogP contribution in [0.3, 0.4) is 0 Å². The number of halogens is 1. The lowest BCUT2D eigenvalue weighted by Crippen LogP contribution is -2.42. The number of hydrogen-bond acceptors (Lipinski definition) is 2. The standard InChI is InChI=1S/C22H20BrN3O3/c23-17-5-3-7-20-16(17)8-10-26(20)11-9-21(27)25-19(22(28)29)12-14-13-24-18-6-2-1-4-15(14)18/h1-8,10,13,19,24H,9,11-12H2,(H,25,27)(H,28,29)/t19-/m0/s1. The fraction of sp³-hybridized carbons (Fsp3) is 0.182. The summed E-state index contributed by atoms with van der Waals surface area (Å²) in [7, 11) is 0. The number of H-pyrrole nitrogens is 1. The predicted octanol–water partition coefficient (Wildman–Crippen LogP) is 4.09. The number of carboxylic acids is 1. The van der Waals surface area contributed by atoms with Crippen molar-refractivity contribution in [3.63, 3.8) is 0 Å². The lowest BCUT2D eigenvalue weighted by atomic mass is 10.0. The molecule has 0 aliphatic rings. The Morgan fingerprint density at radius 3 is 2.76 bits per heavy atom. The molecule has 3 N–H and O–H groups in total. The van der Waals surface area contributed by atoms with E-state index in [1.807, 2.05) is 59.3 Å². The Labute approximate surface area is 175 Å². The van der Waals surface area contributed by atoms with Crippen LogP contribution in [0.15, 0.2) is 65.4 Å². The molecule has 6 nitrogen and oxygen atoms in total. The Morgan fingerprint density at radius 1 is 1.10 bits per heavy atom. The Balaban J connectivity index is 1.42. The SMILES string of the molecule is O=C(CCn1ccc2c(Br)cccc21)N[C@@H](Cc1c[nH]c2ccccc12)C(=O)O. The zero-order valence-corrected chi connectivity index (χ0v) is 17.1. The van der Waals surface area contributed by atoms with Gasteiger partial charge < -0.3 is 20.0 Å². The number of nitrogens with one attached hydrogen (secondary N) is 2. The summed E-state index contributed by atoms with van der Waals surface area (Å²) in [4.78, 5) is 27.3. The summed E-state index contributed by atoms with van der Waals surface area (Å²) in [5, 5.41) is 14.3. The zero-order valence-electron chi connectivity index (χ0n) is 15.6. The topological polar surface area (TPSA) is 87.1 Å². The average molecular weight is 454 g/mol. The maximum atomic E-state index is 12.4. The summed E-state index contributed by atoms with van der Waals surface area (Å²) < 4.78 is 3.00. The van der Waals surface area contributed by atoms with Crippen molar-refractivity contribution in [3.05, 3.63) is 71.0 Å². The van der Waals surface area contributed by atoms with E-state index in [0.29, 0.717) is 6.54 Å². The number of benzene rings is 2. The molecule has 0 aliphatic heterocycles. The summed E-state index contributed by atoms with van der Waals surface area (Å²) >= 11 is 3.52. The fourth-order valence-electron chi connectivity index (χ4n) is 3.59. The first-order valence-electron chi connectivity index (χ1n) is 9.33. The van der Waals surface area contributed by atoms with Crippen LogP contribution >= 0.6 is 15.9 Å². The first-order valence-corrected chi connectivity index (χ1v) is 10.1. The molecule has 29 heavy (non-hydrogen) atoms. The number of carbonyl (C=O) groups is 2. The van der Waals surface area contributed by atoms with Gasteiger partial charge in [0.2, 0.25) is 5.91 Å². The molecule has 148 valence electrons. The number of aryl methyl sites for hydroxylation is 1. The number of aliphatic carboxylic acids is 1. The van der Waals surface area contributed by atoms with Gasteiger partial charge in [0.1, 0.15) is 6.04 Å². The smallest absolute Gasteiger partial charge is 0.326 e. The normalized spacial score (nSPS) is 12.3. The van der Waals surface area contributed by atoms with Crippen molar-refractivity contribution in [2.24, 2.45) is 0 Å². The first kappa shape index (κ1) is 19.3. The number of nitrogens with zero attached hydrogens (tertiary/aromatic N) is 1. The number of rotatable bonds is 7. The molecule has 1 atom stereocenters. The molecule has 1 amide bonds. The van der Waals surface area contributed by atoms with Crippen LogP contribution in [0.25, 0.3) is 21.8 Å². The average Bonchev–Trinajstić information content (AvgIpc) is 3.31. The number of carboxylic acid groups (broad SMARTS) is 1. The van der Waals surface area contributed by atoms with Gasteiger partial charge in [-0.25, -0.2) is 4.79 Å². The molecule has 0 radical (unpaired) electrons. The van der Waals surface area contributed by atoms with Crippen LogP contribution in [0, 0.1) is 0 Å². The maximum absolute atomic E-state index is 12.4. The molecular formula is C22H20BrN3O3. The van der Waals surface area contributed by atoms with E-state index in [2.05, 4.69) is 26.2 Å². The van der Waals surface area contributed by atoms with Crippen LogP contribution in [0.1, 0.15) is 12.0 Å². The van der Waals surface area contributed by atoms with Gasteiger partial charge in [-0.05, 0) is 29.8 Å². The zero-order chi connectivity index (χ0) is 20.4. The third kappa shape index (κ3) is 4.05. The summed E-state index contributed by atoms with van der Waals surface area (Å²) in [6.07, 6.45) is 4.17. The Kier molecular flexibility index (Phi) is 5.40. The van der Waals surface area contributed by atoms with Crippen molar-refractivity contribution < 1.29 is 14.7 Å². The number of carbonyl (C=O) groups excluding carboxylic acids is 1. The summed E-state index contributed by atoms with van der Waals surface area (Å²) in [5.74, 6) is -1.33. The monoisotopic (exact) mass is 453 g/mol. The van der Waals surface area contributed by atoms with E-state index in [9.17, 15) is 14.7 Å². The van der Waals surface area contributed by atoms with Crippen LogP contribution in [0.5, 0.6) is 0 Å². The molecule has 0 fully saturated rings. The van der Waals surface area contributed by atoms with Crippen LogP contribution < -0.4 is 5.32 Å². The molecule has 4 rings (SSSR count). The van der Waals surface area contributed by atoms with E-state index in [-0.39, 0.29) is 18.7 Å². The number of aromatic nitrogens is 2. The molecule has 0 bridgehead atoms. The molecule has 0 aliphatic carbocycles. The van der Waals surface area contributed by atoms with Gasteiger partial charge in [0, 0.05) is 58.1 Å². The highest BCUT2D eigenvalue weighted by Gasteiger charge is 2.22. The quantitative estimate of drug-likeness (QED) is 0.393. The molecule has 0 saturated carbocycles. The van der Waals surface area contributed by atoms with Crippen LogP contribution in [0.2, 0.25) is 0 Å². The van der Waals surface area contributed by atoms with E-state index in [4.69, 9.17) is 0 Å². The minimum absolute atomic E-state index is 0.202. The maximum Gasteiger partial charge on any atom is 0.326 e. The van der Waals surface area contributed by atoms with Crippen molar-refractivity contribution >= 4 is 49.6 Å². The van der Waals surface area contributed by atoms with Gasteiger partial charge >= 0.3 is 5.97 Å². The molecule has 0 unspecified atom stereocenters. The van der Waals surface area contributed by atoms with Gasteiger partial charge in [0.15, 0.2) is 0 Å². The summed E-state index contributed by atoms with van der Waals surface area (Å²) in [5.41, 5.74) is 2.85. The molecule has 2 heterocycles. The Hall–Kier alpha value is -3.06. The van der Waals surface area contributed by atoms with Gasteiger partial charge in [-0.2, -0.15) is 0 Å². The van der Waals surface area contributed by atoms with Gasteiger partial charge in [-0.3, -0.25) is 4.79 Å². The third-order valence-electron chi connectivity index (χ3n) is 5.07. The Morgan fingerprint density at radius 2 is 1.93 bits per heavy atom. The second kappa shape index (κ2) is 8.13. The molecule has 7 heteroatoms. The minimum Gasteiger partial charge on any atom is -0.480 e. The second-order valence-electron chi connectivity index (χ2n) is 6.95. The molecule has 0 spiro atoms. The van der Waals surface area contributed by atoms with Crippen molar-refractivity contribution in [2.45, 2.75) is 25.4 Å². The van der Waals surface area contributed by atoms with Gasteiger partial charge in [-0.15, -0.1) is 0 Å². The van der Waals surface area contributed by atoms with E-state index >= 15 is 0 Å². The van der Waals surface area contributed by atoms with Gasteiger partial charge in [-0.1, -0.05) is 40.2 Å². The predicted molar refractivity (Wildman–Crippen MR) is 116 cm³/mol. The first-order chi connectivity index (χ1) is 14.0. The number of para-hydroxylation sites is 1.